The Balaban J connectivity index is 2.21. The fourth-order valence-electron chi connectivity index (χ4n) is 1.31. The molecular weight excluding hydrogens is 303 g/mol. The monoisotopic (exact) mass is 310 g/mol. The lowest BCUT2D eigenvalue weighted by atomic mass is 10.2. The molecule has 0 spiro atoms. The van der Waals surface area contributed by atoms with Crippen molar-refractivity contribution in [1.29, 1.82) is 0 Å². The fourth-order valence-corrected chi connectivity index (χ4v) is 1.88. The lowest BCUT2D eigenvalue weighted by molar-refractivity contribution is 0.112. The summed E-state index contributed by atoms with van der Waals surface area (Å²) in [5, 5.41) is 0.662. The molecule has 2 aromatic carbocycles. The van der Waals surface area contributed by atoms with Crippen molar-refractivity contribution >= 4 is 33.8 Å². The third kappa shape index (κ3) is 3.08. The summed E-state index contributed by atoms with van der Waals surface area (Å²) < 4.78 is 6.32. The molecule has 17 heavy (non-hydrogen) atoms. The molecule has 0 saturated carbocycles. The van der Waals surface area contributed by atoms with E-state index < -0.39 is 0 Å². The van der Waals surface area contributed by atoms with E-state index in [0.29, 0.717) is 26.6 Å². The van der Waals surface area contributed by atoms with E-state index in [2.05, 4.69) is 15.9 Å². The van der Waals surface area contributed by atoms with Crippen LogP contribution in [0.2, 0.25) is 5.02 Å². The van der Waals surface area contributed by atoms with Crippen LogP contribution in [0.5, 0.6) is 11.5 Å². The van der Waals surface area contributed by atoms with Crippen molar-refractivity contribution in [3.63, 3.8) is 0 Å². The molecule has 4 heteroatoms. The van der Waals surface area contributed by atoms with Gasteiger partial charge >= 0.3 is 0 Å². The molecule has 0 unspecified atom stereocenters. The highest BCUT2D eigenvalue weighted by Gasteiger charge is 2.02. The van der Waals surface area contributed by atoms with Gasteiger partial charge in [0.1, 0.15) is 11.5 Å². The van der Waals surface area contributed by atoms with Crippen LogP contribution in [0.25, 0.3) is 0 Å². The summed E-state index contributed by atoms with van der Waals surface area (Å²) in [5.41, 5.74) is 0.591. The minimum atomic E-state index is 0.591. The molecule has 86 valence electrons. The Morgan fingerprint density at radius 3 is 2.29 bits per heavy atom. The zero-order chi connectivity index (χ0) is 12.3. The molecule has 0 fully saturated rings. The third-order valence-corrected chi connectivity index (χ3v) is 3.09. The summed E-state index contributed by atoms with van der Waals surface area (Å²) >= 11 is 9.08. The highest BCUT2D eigenvalue weighted by atomic mass is 79.9. The van der Waals surface area contributed by atoms with E-state index in [9.17, 15) is 4.79 Å². The van der Waals surface area contributed by atoms with Gasteiger partial charge < -0.3 is 4.74 Å². The first kappa shape index (κ1) is 12.1. The maximum Gasteiger partial charge on any atom is 0.151 e. The zero-order valence-electron chi connectivity index (χ0n) is 8.69. The predicted octanol–water partition coefficient (Wildman–Crippen LogP) is 4.71. The molecule has 0 aliphatic heterocycles. The quantitative estimate of drug-likeness (QED) is 0.768. The molecule has 0 aliphatic carbocycles. The van der Waals surface area contributed by atoms with E-state index in [1.807, 2.05) is 0 Å². The molecule has 0 aliphatic rings. The lowest BCUT2D eigenvalue weighted by Gasteiger charge is -2.06. The van der Waals surface area contributed by atoms with Crippen LogP contribution in [-0.4, -0.2) is 6.29 Å². The first-order valence-electron chi connectivity index (χ1n) is 4.87. The van der Waals surface area contributed by atoms with Crippen molar-refractivity contribution in [3.8, 4) is 11.5 Å². The van der Waals surface area contributed by atoms with Gasteiger partial charge in [0, 0.05) is 15.1 Å². The van der Waals surface area contributed by atoms with Gasteiger partial charge in [-0.2, -0.15) is 0 Å². The molecule has 2 aromatic rings. The largest absolute Gasteiger partial charge is 0.457 e. The average Bonchev–Trinajstić information content (AvgIpc) is 2.32. The Bertz CT molecular complexity index is 538. The predicted molar refractivity (Wildman–Crippen MR) is 71.1 cm³/mol. The number of halogens is 2. The second-order valence-electron chi connectivity index (χ2n) is 3.36. The van der Waals surface area contributed by atoms with Crippen LogP contribution >= 0.6 is 27.5 Å². The van der Waals surface area contributed by atoms with Crippen molar-refractivity contribution in [2.45, 2.75) is 0 Å². The molecular formula is C13H8BrClO2. The maximum absolute atomic E-state index is 10.6. The summed E-state index contributed by atoms with van der Waals surface area (Å²) in [5.74, 6) is 1.35. The molecule has 0 bridgehead atoms. The van der Waals surface area contributed by atoms with E-state index in [0.717, 1.165) is 6.29 Å². The summed E-state index contributed by atoms with van der Waals surface area (Å²) in [6.45, 7) is 0. The van der Waals surface area contributed by atoms with Crippen LogP contribution in [0.3, 0.4) is 0 Å². The van der Waals surface area contributed by atoms with Crippen molar-refractivity contribution < 1.29 is 9.53 Å². The molecule has 2 nitrogen and oxygen atoms in total. The Morgan fingerprint density at radius 2 is 1.71 bits per heavy atom. The van der Waals surface area contributed by atoms with Crippen LogP contribution in [-0.2, 0) is 0 Å². The van der Waals surface area contributed by atoms with Crippen LogP contribution in [0.1, 0.15) is 10.4 Å². The number of hydrogen-bond donors (Lipinski definition) is 0. The standard InChI is InChI=1S/C13H8BrClO2/c14-13-7-12(4-1-9(13)8-16)17-11-5-2-10(15)3-6-11/h1-8H. The number of hydrogen-bond acceptors (Lipinski definition) is 2. The molecule has 0 saturated heterocycles. The normalized spacial score (nSPS) is 10.0. The lowest BCUT2D eigenvalue weighted by Crippen LogP contribution is -1.87. The Kier molecular flexibility index (Phi) is 3.82. The van der Waals surface area contributed by atoms with Gasteiger partial charge in [-0.25, -0.2) is 0 Å². The Hall–Kier alpha value is -1.32. The average molecular weight is 312 g/mol. The van der Waals surface area contributed by atoms with E-state index in [-0.39, 0.29) is 0 Å². The fraction of sp³-hybridized carbons (Fsp3) is 0. The van der Waals surface area contributed by atoms with E-state index >= 15 is 0 Å². The van der Waals surface area contributed by atoms with Crippen LogP contribution in [0, 0.1) is 0 Å². The van der Waals surface area contributed by atoms with Crippen LogP contribution in [0.4, 0.5) is 0 Å². The number of carbonyl (C=O) groups is 1. The van der Waals surface area contributed by atoms with E-state index in [1.54, 1.807) is 42.5 Å². The first-order valence-corrected chi connectivity index (χ1v) is 6.04. The number of aldehydes is 1. The Morgan fingerprint density at radius 1 is 1.06 bits per heavy atom. The van der Waals surface area contributed by atoms with Crippen molar-refractivity contribution in [3.05, 3.63) is 57.5 Å². The SMILES string of the molecule is O=Cc1ccc(Oc2ccc(Cl)cc2)cc1Br. The van der Waals surface area contributed by atoms with Crippen molar-refractivity contribution in [1.82, 2.24) is 0 Å². The zero-order valence-corrected chi connectivity index (χ0v) is 11.0. The maximum atomic E-state index is 10.6. The number of rotatable bonds is 3. The molecule has 0 N–H and O–H groups in total. The summed E-state index contributed by atoms with van der Waals surface area (Å²) in [6, 6.07) is 12.3. The van der Waals surface area contributed by atoms with Crippen molar-refractivity contribution in [2.75, 3.05) is 0 Å². The van der Waals surface area contributed by atoms with Gasteiger partial charge in [-0.05, 0) is 58.4 Å². The minimum absolute atomic E-state index is 0.591. The van der Waals surface area contributed by atoms with Gasteiger partial charge in [0.2, 0.25) is 0 Å². The molecule has 2 rings (SSSR count). The van der Waals surface area contributed by atoms with E-state index in [1.165, 1.54) is 0 Å². The molecule has 0 aromatic heterocycles. The van der Waals surface area contributed by atoms with Crippen LogP contribution < -0.4 is 4.74 Å². The first-order chi connectivity index (χ1) is 8.19. The van der Waals surface area contributed by atoms with Gasteiger partial charge in [0.15, 0.2) is 6.29 Å². The number of ether oxygens (including phenoxy) is 1. The molecule has 0 heterocycles. The summed E-state index contributed by atoms with van der Waals surface area (Å²) in [6.07, 6.45) is 0.788. The molecule has 0 radical (unpaired) electrons. The smallest absolute Gasteiger partial charge is 0.151 e. The second kappa shape index (κ2) is 5.34. The van der Waals surface area contributed by atoms with E-state index in [4.69, 9.17) is 16.3 Å². The summed E-state index contributed by atoms with van der Waals surface area (Å²) in [7, 11) is 0. The highest BCUT2D eigenvalue weighted by molar-refractivity contribution is 9.10. The molecule has 0 amide bonds. The van der Waals surface area contributed by atoms with Gasteiger partial charge in [0.05, 0.1) is 0 Å². The minimum Gasteiger partial charge on any atom is -0.457 e. The van der Waals surface area contributed by atoms with Gasteiger partial charge in [0.25, 0.3) is 0 Å². The molecule has 0 atom stereocenters. The van der Waals surface area contributed by atoms with Gasteiger partial charge in [-0.15, -0.1) is 0 Å². The van der Waals surface area contributed by atoms with Crippen LogP contribution in [0.15, 0.2) is 46.9 Å². The third-order valence-electron chi connectivity index (χ3n) is 2.15. The van der Waals surface area contributed by atoms with Gasteiger partial charge in [-0.1, -0.05) is 11.6 Å². The highest BCUT2D eigenvalue weighted by Crippen LogP contribution is 2.27. The second-order valence-corrected chi connectivity index (χ2v) is 4.65. The van der Waals surface area contributed by atoms with Gasteiger partial charge in [-0.3, -0.25) is 4.79 Å². The number of carbonyl (C=O) groups excluding carboxylic acids is 1. The Labute approximate surface area is 112 Å². The topological polar surface area (TPSA) is 26.3 Å². The summed E-state index contributed by atoms with van der Waals surface area (Å²) in [4.78, 5) is 10.6. The van der Waals surface area contributed by atoms with Crippen molar-refractivity contribution in [2.24, 2.45) is 0 Å². The number of benzene rings is 2.